The maximum Gasteiger partial charge on any atom is 0.391 e. The molecule has 1 aliphatic rings. The van der Waals surface area contributed by atoms with Gasteiger partial charge in [0.15, 0.2) is 0 Å². The fourth-order valence-electron chi connectivity index (χ4n) is 2.80. The lowest BCUT2D eigenvalue weighted by atomic mass is 9.75. The van der Waals surface area contributed by atoms with Crippen LogP contribution in [-0.2, 0) is 6.42 Å². The van der Waals surface area contributed by atoms with E-state index in [1.165, 1.54) is 0 Å². The van der Waals surface area contributed by atoms with Crippen LogP contribution in [-0.4, -0.2) is 16.9 Å². The lowest BCUT2D eigenvalue weighted by Crippen LogP contribution is -2.41. The summed E-state index contributed by atoms with van der Waals surface area (Å²) in [4.78, 5) is 0. The van der Waals surface area contributed by atoms with Crippen molar-refractivity contribution < 1.29 is 18.3 Å². The molecule has 0 bridgehead atoms. The molecule has 0 spiro atoms. The van der Waals surface area contributed by atoms with Crippen molar-refractivity contribution in [2.75, 3.05) is 0 Å². The minimum atomic E-state index is -4.24. The fraction of sp³-hybridized carbons (Fsp3) is 0.571. The molecule has 1 aromatic rings. The Kier molecular flexibility index (Phi) is 4.72. The van der Waals surface area contributed by atoms with Crippen LogP contribution in [0.4, 0.5) is 13.2 Å². The summed E-state index contributed by atoms with van der Waals surface area (Å²) < 4.78 is 39.2. The quantitative estimate of drug-likeness (QED) is 0.764. The number of benzene rings is 1. The summed E-state index contributed by atoms with van der Waals surface area (Å²) in [6.45, 7) is 0. The average molecular weight is 372 g/mol. The van der Waals surface area contributed by atoms with Crippen LogP contribution in [0.3, 0.4) is 0 Å². The summed E-state index contributed by atoms with van der Waals surface area (Å²) in [5.41, 5.74) is -0.643. The van der Waals surface area contributed by atoms with Crippen LogP contribution in [0.2, 0.25) is 5.02 Å². The Labute approximate surface area is 129 Å². The lowest BCUT2D eigenvalue weighted by Gasteiger charge is -2.38. The minimum Gasteiger partial charge on any atom is -0.390 e. The van der Waals surface area contributed by atoms with Crippen LogP contribution in [0.15, 0.2) is 22.7 Å². The van der Waals surface area contributed by atoms with Crippen LogP contribution in [0.5, 0.6) is 0 Å². The molecule has 1 fully saturated rings. The third-order valence-electron chi connectivity index (χ3n) is 3.82. The number of hydrogen-bond donors (Lipinski definition) is 1. The maximum atomic E-state index is 12.8. The van der Waals surface area contributed by atoms with Crippen molar-refractivity contribution in [1.82, 2.24) is 0 Å². The second-order valence-electron chi connectivity index (χ2n) is 5.47. The van der Waals surface area contributed by atoms with Gasteiger partial charge in [-0.15, -0.1) is 0 Å². The van der Waals surface area contributed by atoms with Gasteiger partial charge in [0.2, 0.25) is 0 Å². The summed E-state index contributed by atoms with van der Waals surface area (Å²) >= 11 is 9.35. The molecule has 6 heteroatoms. The summed E-state index contributed by atoms with van der Waals surface area (Å²) in [5.74, 6) is -1.42. The highest BCUT2D eigenvalue weighted by Crippen LogP contribution is 2.43. The molecule has 1 nitrogen and oxygen atoms in total. The largest absolute Gasteiger partial charge is 0.391 e. The third kappa shape index (κ3) is 3.89. The van der Waals surface area contributed by atoms with Crippen molar-refractivity contribution in [2.24, 2.45) is 5.92 Å². The van der Waals surface area contributed by atoms with E-state index in [-0.39, 0.29) is 19.3 Å². The van der Waals surface area contributed by atoms with Crippen LogP contribution in [0, 0.1) is 5.92 Å². The van der Waals surface area contributed by atoms with Crippen molar-refractivity contribution in [3.05, 3.63) is 33.3 Å². The predicted octanol–water partition coefficient (Wildman–Crippen LogP) is 5.13. The molecule has 0 radical (unpaired) electrons. The lowest BCUT2D eigenvalue weighted by molar-refractivity contribution is -0.200. The van der Waals surface area contributed by atoms with Gasteiger partial charge in [-0.3, -0.25) is 0 Å². The molecule has 2 atom stereocenters. The van der Waals surface area contributed by atoms with Gasteiger partial charge in [0.25, 0.3) is 0 Å². The number of aliphatic hydroxyl groups is 1. The zero-order valence-corrected chi connectivity index (χ0v) is 13.0. The molecule has 112 valence electrons. The molecule has 0 heterocycles. The van der Waals surface area contributed by atoms with E-state index in [0.717, 1.165) is 4.47 Å². The van der Waals surface area contributed by atoms with Crippen molar-refractivity contribution in [3.63, 3.8) is 0 Å². The molecule has 20 heavy (non-hydrogen) atoms. The predicted molar refractivity (Wildman–Crippen MR) is 75.8 cm³/mol. The van der Waals surface area contributed by atoms with E-state index in [9.17, 15) is 18.3 Å². The normalized spacial score (nSPS) is 27.6. The molecule has 0 saturated heterocycles. The van der Waals surface area contributed by atoms with E-state index < -0.39 is 17.7 Å². The summed E-state index contributed by atoms with van der Waals surface area (Å²) in [6.07, 6.45) is -3.47. The first kappa shape index (κ1) is 16.1. The molecule has 0 amide bonds. The van der Waals surface area contributed by atoms with Gasteiger partial charge in [0, 0.05) is 15.9 Å². The Morgan fingerprint density at radius 1 is 1.40 bits per heavy atom. The van der Waals surface area contributed by atoms with E-state index in [1.54, 1.807) is 18.2 Å². The molecular formula is C14H15BrClF3O. The highest BCUT2D eigenvalue weighted by molar-refractivity contribution is 9.10. The smallest absolute Gasteiger partial charge is 0.390 e. The van der Waals surface area contributed by atoms with Crippen molar-refractivity contribution in [2.45, 2.75) is 43.9 Å². The molecule has 2 unspecified atom stereocenters. The number of rotatable bonds is 2. The number of alkyl halides is 3. The monoisotopic (exact) mass is 370 g/mol. The summed E-state index contributed by atoms with van der Waals surface area (Å²) in [7, 11) is 0. The van der Waals surface area contributed by atoms with Crippen LogP contribution < -0.4 is 0 Å². The van der Waals surface area contributed by atoms with E-state index in [4.69, 9.17) is 11.6 Å². The highest BCUT2D eigenvalue weighted by Gasteiger charge is 2.46. The van der Waals surface area contributed by atoms with Crippen LogP contribution in [0.1, 0.15) is 31.2 Å². The summed E-state index contributed by atoms with van der Waals surface area (Å²) in [5, 5.41) is 10.9. The first-order valence-electron chi connectivity index (χ1n) is 6.43. The number of halogens is 5. The molecule has 1 saturated carbocycles. The topological polar surface area (TPSA) is 20.2 Å². The molecule has 1 aromatic carbocycles. The standard InChI is InChI=1S/C14H15BrClF3O/c15-11-4-3-9(12(16)6-11)7-13(20)5-1-2-10(8-13)14(17,18)19/h3-4,6,10,20H,1-2,5,7-8H2. The van der Waals surface area contributed by atoms with Gasteiger partial charge in [-0.05, 0) is 43.4 Å². The van der Waals surface area contributed by atoms with Gasteiger partial charge in [0.05, 0.1) is 11.5 Å². The molecule has 2 rings (SSSR count). The third-order valence-corrected chi connectivity index (χ3v) is 4.66. The van der Waals surface area contributed by atoms with Crippen LogP contribution in [0.25, 0.3) is 0 Å². The first-order chi connectivity index (χ1) is 9.20. The molecular weight excluding hydrogens is 357 g/mol. The average Bonchev–Trinajstić information content (AvgIpc) is 2.32. The van der Waals surface area contributed by atoms with E-state index in [2.05, 4.69) is 15.9 Å². The minimum absolute atomic E-state index is 0.0971. The van der Waals surface area contributed by atoms with Gasteiger partial charge in [-0.2, -0.15) is 13.2 Å². The van der Waals surface area contributed by atoms with Gasteiger partial charge < -0.3 is 5.11 Å². The van der Waals surface area contributed by atoms with Gasteiger partial charge in [-0.1, -0.05) is 33.6 Å². The molecule has 1 N–H and O–H groups in total. The Bertz CT molecular complexity index is 492. The van der Waals surface area contributed by atoms with Gasteiger partial charge >= 0.3 is 6.18 Å². The molecule has 0 aromatic heterocycles. The highest BCUT2D eigenvalue weighted by atomic mass is 79.9. The SMILES string of the molecule is OC1(Cc2ccc(Br)cc2Cl)CCCC(C(F)(F)F)C1. The maximum absolute atomic E-state index is 12.8. The van der Waals surface area contributed by atoms with Gasteiger partial charge in [-0.25, -0.2) is 0 Å². The Hall–Kier alpha value is -0.260. The second kappa shape index (κ2) is 5.85. The second-order valence-corrected chi connectivity index (χ2v) is 6.79. The number of hydrogen-bond acceptors (Lipinski definition) is 1. The van der Waals surface area contributed by atoms with Crippen molar-refractivity contribution in [1.29, 1.82) is 0 Å². The van der Waals surface area contributed by atoms with Crippen molar-refractivity contribution >= 4 is 27.5 Å². The Morgan fingerprint density at radius 3 is 2.70 bits per heavy atom. The zero-order chi connectivity index (χ0) is 15.0. The Morgan fingerprint density at radius 2 is 2.10 bits per heavy atom. The molecule has 1 aliphatic carbocycles. The van der Waals surface area contributed by atoms with Crippen molar-refractivity contribution in [3.8, 4) is 0 Å². The van der Waals surface area contributed by atoms with E-state index in [0.29, 0.717) is 23.4 Å². The Balaban J connectivity index is 2.14. The van der Waals surface area contributed by atoms with E-state index >= 15 is 0 Å². The van der Waals surface area contributed by atoms with E-state index in [1.807, 2.05) is 0 Å². The van der Waals surface area contributed by atoms with Gasteiger partial charge in [0.1, 0.15) is 0 Å². The fourth-order valence-corrected chi connectivity index (χ4v) is 3.54. The van der Waals surface area contributed by atoms with Crippen LogP contribution >= 0.6 is 27.5 Å². The summed E-state index contributed by atoms with van der Waals surface area (Å²) in [6, 6.07) is 5.19. The first-order valence-corrected chi connectivity index (χ1v) is 7.60. The zero-order valence-electron chi connectivity index (χ0n) is 10.7. The molecule has 0 aliphatic heterocycles.